The Bertz CT molecular complexity index is 646. The number of rotatable bonds is 4. The molecule has 4 N–H and O–H groups in total. The number of hydrogen-bond acceptors (Lipinski definition) is 4. The lowest BCUT2D eigenvalue weighted by Crippen LogP contribution is -2.29. The van der Waals surface area contributed by atoms with Crippen LogP contribution >= 0.6 is 23.2 Å². The van der Waals surface area contributed by atoms with Crippen LogP contribution in [0, 0.1) is 0 Å². The molecule has 0 radical (unpaired) electrons. The van der Waals surface area contributed by atoms with Gasteiger partial charge in [0.1, 0.15) is 0 Å². The minimum Gasteiger partial charge on any atom is -0.423 e. The molecule has 2 rings (SSSR count). The van der Waals surface area contributed by atoms with Crippen molar-refractivity contribution in [2.75, 3.05) is 0 Å². The fourth-order valence-corrected chi connectivity index (χ4v) is 2.36. The van der Waals surface area contributed by atoms with Gasteiger partial charge in [-0.1, -0.05) is 59.6 Å². The van der Waals surface area contributed by atoms with Crippen molar-refractivity contribution in [3.8, 4) is 0 Å². The molecule has 0 saturated carbocycles. The summed E-state index contributed by atoms with van der Waals surface area (Å²) in [7, 11) is -3.13. The summed E-state index contributed by atoms with van der Waals surface area (Å²) in [5, 5.41) is 37.0. The Labute approximate surface area is 138 Å². The average molecular weight is 337 g/mol. The van der Waals surface area contributed by atoms with E-state index in [-0.39, 0.29) is 0 Å². The van der Waals surface area contributed by atoms with E-state index in [4.69, 9.17) is 43.3 Å². The first-order valence-electron chi connectivity index (χ1n) is 6.37. The third-order valence-electron chi connectivity index (χ3n) is 3.09. The maximum atomic E-state index is 9.07. The molecule has 0 heterocycles. The van der Waals surface area contributed by atoms with Crippen LogP contribution in [-0.4, -0.2) is 34.3 Å². The van der Waals surface area contributed by atoms with Gasteiger partial charge in [-0.05, 0) is 34.2 Å². The fourth-order valence-electron chi connectivity index (χ4n) is 1.86. The Morgan fingerprint density at radius 1 is 0.682 bits per heavy atom. The van der Waals surface area contributed by atoms with Gasteiger partial charge in [0.05, 0.1) is 0 Å². The molecule has 0 aliphatic rings. The van der Waals surface area contributed by atoms with Crippen molar-refractivity contribution in [3.05, 3.63) is 57.6 Å². The van der Waals surface area contributed by atoms with Crippen LogP contribution in [0.15, 0.2) is 36.4 Å². The van der Waals surface area contributed by atoms with Crippen LogP contribution in [0.2, 0.25) is 10.0 Å². The monoisotopic (exact) mass is 336 g/mol. The number of hydrogen-bond donors (Lipinski definition) is 4. The lowest BCUT2D eigenvalue weighted by atomic mass is 9.80. The molecule has 0 aliphatic carbocycles. The maximum absolute atomic E-state index is 9.07. The average Bonchev–Trinajstić information content (AvgIpc) is 2.46. The summed E-state index contributed by atoms with van der Waals surface area (Å²) in [5.41, 5.74) is 1.99. The Morgan fingerprint density at radius 3 is 1.32 bits per heavy atom. The molecule has 0 bridgehead atoms. The van der Waals surface area contributed by atoms with E-state index in [2.05, 4.69) is 0 Å². The highest BCUT2D eigenvalue weighted by atomic mass is 35.5. The molecular weight excluding hydrogens is 325 g/mol. The van der Waals surface area contributed by atoms with E-state index in [1.807, 2.05) is 0 Å². The van der Waals surface area contributed by atoms with E-state index in [0.29, 0.717) is 32.1 Å². The van der Waals surface area contributed by atoms with E-state index in [0.717, 1.165) is 0 Å². The van der Waals surface area contributed by atoms with Crippen molar-refractivity contribution >= 4 is 60.5 Å². The van der Waals surface area contributed by atoms with Crippen molar-refractivity contribution in [2.45, 2.75) is 0 Å². The third-order valence-corrected chi connectivity index (χ3v) is 3.74. The Morgan fingerprint density at radius 2 is 1.05 bits per heavy atom. The van der Waals surface area contributed by atoms with Crippen LogP contribution in [0.25, 0.3) is 12.2 Å². The number of halogens is 2. The van der Waals surface area contributed by atoms with E-state index in [1.165, 1.54) is 12.1 Å². The van der Waals surface area contributed by atoms with Crippen molar-refractivity contribution in [2.24, 2.45) is 0 Å². The summed E-state index contributed by atoms with van der Waals surface area (Å²) in [6, 6.07) is 9.38. The summed E-state index contributed by atoms with van der Waals surface area (Å²) in [4.78, 5) is 0. The van der Waals surface area contributed by atoms with Crippen molar-refractivity contribution < 1.29 is 20.1 Å². The van der Waals surface area contributed by atoms with Crippen LogP contribution in [0.4, 0.5) is 0 Å². The second-order valence-corrected chi connectivity index (χ2v) is 5.46. The summed E-state index contributed by atoms with van der Waals surface area (Å²) >= 11 is 12.1. The highest BCUT2D eigenvalue weighted by Gasteiger charge is 2.13. The van der Waals surface area contributed by atoms with Gasteiger partial charge in [-0.15, -0.1) is 0 Å². The predicted octanol–water partition coefficient (Wildman–Crippen LogP) is 0.523. The van der Waals surface area contributed by atoms with Crippen LogP contribution in [-0.2, 0) is 0 Å². The highest BCUT2D eigenvalue weighted by Crippen LogP contribution is 2.20. The lowest BCUT2D eigenvalue weighted by molar-refractivity contribution is 0.424. The molecule has 0 spiro atoms. The molecule has 0 fully saturated rings. The summed E-state index contributed by atoms with van der Waals surface area (Å²) in [5.74, 6) is 0. The van der Waals surface area contributed by atoms with Crippen LogP contribution in [0.3, 0.4) is 0 Å². The van der Waals surface area contributed by atoms with E-state index in [9.17, 15) is 0 Å². The summed E-state index contributed by atoms with van der Waals surface area (Å²) in [6.07, 6.45) is 3.46. The van der Waals surface area contributed by atoms with Gasteiger partial charge in [-0.2, -0.15) is 0 Å². The van der Waals surface area contributed by atoms with Crippen LogP contribution in [0.5, 0.6) is 0 Å². The SMILES string of the molecule is OB(O)c1ccc(/C=C/c2ccc(B(O)O)cc2Cl)c(Cl)c1. The Kier molecular flexibility index (Phi) is 5.69. The van der Waals surface area contributed by atoms with E-state index < -0.39 is 14.2 Å². The smallest absolute Gasteiger partial charge is 0.423 e. The van der Waals surface area contributed by atoms with Crippen LogP contribution < -0.4 is 10.9 Å². The Hall–Kier alpha value is -1.27. The van der Waals surface area contributed by atoms with Gasteiger partial charge in [-0.3, -0.25) is 0 Å². The van der Waals surface area contributed by atoms with Gasteiger partial charge in [0, 0.05) is 10.0 Å². The van der Waals surface area contributed by atoms with Gasteiger partial charge in [0.15, 0.2) is 0 Å². The molecular formula is C14H12B2Cl2O4. The molecule has 112 valence electrons. The molecule has 0 aliphatic heterocycles. The molecule has 0 saturated heterocycles. The standard InChI is InChI=1S/C14H12B2Cl2O4/c17-13-7-11(15(19)20)5-3-9(13)1-2-10-4-6-12(16(21)22)8-14(10)18/h1-8,19-22H/b2-1+. The molecule has 8 heteroatoms. The molecule has 0 atom stereocenters. The first-order valence-corrected chi connectivity index (χ1v) is 7.13. The zero-order chi connectivity index (χ0) is 16.3. The maximum Gasteiger partial charge on any atom is 0.488 e. The number of benzene rings is 2. The second-order valence-electron chi connectivity index (χ2n) is 4.64. The zero-order valence-corrected chi connectivity index (χ0v) is 12.8. The van der Waals surface area contributed by atoms with Crippen LogP contribution in [0.1, 0.15) is 11.1 Å². The van der Waals surface area contributed by atoms with Gasteiger partial charge < -0.3 is 20.1 Å². The first-order chi connectivity index (χ1) is 10.4. The molecule has 0 aromatic heterocycles. The van der Waals surface area contributed by atoms with E-state index >= 15 is 0 Å². The zero-order valence-electron chi connectivity index (χ0n) is 11.3. The molecule has 22 heavy (non-hydrogen) atoms. The van der Waals surface area contributed by atoms with Crippen molar-refractivity contribution in [3.63, 3.8) is 0 Å². The largest absolute Gasteiger partial charge is 0.488 e. The van der Waals surface area contributed by atoms with Gasteiger partial charge >= 0.3 is 14.2 Å². The fraction of sp³-hybridized carbons (Fsp3) is 0. The normalized spacial score (nSPS) is 11.0. The van der Waals surface area contributed by atoms with Gasteiger partial charge in [-0.25, -0.2) is 0 Å². The summed E-state index contributed by atoms with van der Waals surface area (Å²) in [6.45, 7) is 0. The Balaban J connectivity index is 2.25. The lowest BCUT2D eigenvalue weighted by Gasteiger charge is -2.05. The topological polar surface area (TPSA) is 80.9 Å². The molecule has 2 aromatic carbocycles. The molecule has 0 unspecified atom stereocenters. The third kappa shape index (κ3) is 4.14. The first kappa shape index (κ1) is 17.1. The van der Waals surface area contributed by atoms with Gasteiger partial charge in [0.2, 0.25) is 0 Å². The minimum atomic E-state index is -1.57. The molecule has 2 aromatic rings. The van der Waals surface area contributed by atoms with Crippen molar-refractivity contribution in [1.82, 2.24) is 0 Å². The highest BCUT2D eigenvalue weighted by molar-refractivity contribution is 6.59. The molecule has 0 amide bonds. The van der Waals surface area contributed by atoms with E-state index in [1.54, 1.807) is 36.4 Å². The predicted molar refractivity (Wildman–Crippen MR) is 91.5 cm³/mol. The molecule has 4 nitrogen and oxygen atoms in total. The second kappa shape index (κ2) is 7.33. The minimum absolute atomic E-state index is 0.307. The quantitative estimate of drug-likeness (QED) is 0.485. The van der Waals surface area contributed by atoms with Crippen molar-refractivity contribution in [1.29, 1.82) is 0 Å². The summed E-state index contributed by atoms with van der Waals surface area (Å²) < 4.78 is 0. The van der Waals surface area contributed by atoms with Gasteiger partial charge in [0.25, 0.3) is 0 Å².